The summed E-state index contributed by atoms with van der Waals surface area (Å²) in [5, 5.41) is 3.35. The van der Waals surface area contributed by atoms with Crippen LogP contribution >= 0.6 is 0 Å². The second-order valence-electron chi connectivity index (χ2n) is 4.56. The van der Waals surface area contributed by atoms with Gasteiger partial charge in [0.05, 0.1) is 6.61 Å². The molecule has 2 aliphatic heterocycles. The van der Waals surface area contributed by atoms with E-state index in [-0.39, 0.29) is 5.60 Å². The molecule has 0 amide bonds. The standard InChI is InChI=1S/C14H17NO2/c1-2-16-12-4-3-11-5-6-14(7-8-15-10-14)17-13(11)9-12/h3-6,9,15H,2,7-8,10H2,1H3. The highest BCUT2D eigenvalue weighted by Crippen LogP contribution is 2.36. The monoisotopic (exact) mass is 231 g/mol. The number of fused-ring (bicyclic) bond motifs is 1. The molecule has 1 unspecified atom stereocenters. The Kier molecular flexibility index (Phi) is 2.56. The van der Waals surface area contributed by atoms with Crippen molar-refractivity contribution in [3.63, 3.8) is 0 Å². The molecule has 1 aromatic rings. The quantitative estimate of drug-likeness (QED) is 0.846. The maximum atomic E-state index is 6.14. The minimum atomic E-state index is -0.141. The average molecular weight is 231 g/mol. The lowest BCUT2D eigenvalue weighted by Crippen LogP contribution is -2.37. The molecular formula is C14H17NO2. The first kappa shape index (κ1) is 10.7. The fourth-order valence-electron chi connectivity index (χ4n) is 2.41. The van der Waals surface area contributed by atoms with E-state index in [9.17, 15) is 0 Å². The topological polar surface area (TPSA) is 30.5 Å². The lowest BCUT2D eigenvalue weighted by atomic mass is 9.97. The molecule has 3 heteroatoms. The van der Waals surface area contributed by atoms with Gasteiger partial charge in [-0.05, 0) is 31.7 Å². The average Bonchev–Trinajstić information content (AvgIpc) is 2.77. The van der Waals surface area contributed by atoms with E-state index in [2.05, 4.69) is 17.5 Å². The van der Waals surface area contributed by atoms with E-state index in [1.807, 2.05) is 25.1 Å². The second-order valence-corrected chi connectivity index (χ2v) is 4.56. The zero-order valence-corrected chi connectivity index (χ0v) is 10.0. The van der Waals surface area contributed by atoms with Crippen molar-refractivity contribution in [2.24, 2.45) is 0 Å². The molecule has 0 bridgehead atoms. The molecule has 90 valence electrons. The first-order chi connectivity index (χ1) is 8.31. The number of benzene rings is 1. The fraction of sp³-hybridized carbons (Fsp3) is 0.429. The van der Waals surface area contributed by atoms with Crippen LogP contribution in [0.1, 0.15) is 18.9 Å². The molecule has 1 aromatic carbocycles. The molecule has 2 aliphatic rings. The van der Waals surface area contributed by atoms with Gasteiger partial charge in [-0.2, -0.15) is 0 Å². The van der Waals surface area contributed by atoms with E-state index in [1.54, 1.807) is 0 Å². The summed E-state index contributed by atoms with van der Waals surface area (Å²) in [5.41, 5.74) is 0.990. The highest BCUT2D eigenvalue weighted by Gasteiger charge is 2.35. The van der Waals surface area contributed by atoms with E-state index < -0.39 is 0 Å². The number of hydrogen-bond acceptors (Lipinski definition) is 3. The Morgan fingerprint density at radius 2 is 2.41 bits per heavy atom. The van der Waals surface area contributed by atoms with Gasteiger partial charge in [-0.15, -0.1) is 0 Å². The van der Waals surface area contributed by atoms with Crippen molar-refractivity contribution in [3.05, 3.63) is 29.8 Å². The van der Waals surface area contributed by atoms with Gasteiger partial charge in [0.15, 0.2) is 0 Å². The van der Waals surface area contributed by atoms with Gasteiger partial charge in [0.2, 0.25) is 0 Å². The van der Waals surface area contributed by atoms with Gasteiger partial charge in [-0.25, -0.2) is 0 Å². The Morgan fingerprint density at radius 1 is 1.47 bits per heavy atom. The maximum Gasteiger partial charge on any atom is 0.141 e. The predicted molar refractivity (Wildman–Crippen MR) is 67.5 cm³/mol. The van der Waals surface area contributed by atoms with Gasteiger partial charge in [0, 0.05) is 24.6 Å². The van der Waals surface area contributed by atoms with Gasteiger partial charge >= 0.3 is 0 Å². The molecular weight excluding hydrogens is 214 g/mol. The molecule has 0 radical (unpaired) electrons. The third-order valence-corrected chi connectivity index (χ3v) is 3.33. The smallest absolute Gasteiger partial charge is 0.141 e. The van der Waals surface area contributed by atoms with Crippen LogP contribution in [0.2, 0.25) is 0 Å². The largest absolute Gasteiger partial charge is 0.494 e. The van der Waals surface area contributed by atoms with Crippen molar-refractivity contribution in [2.75, 3.05) is 19.7 Å². The summed E-state index contributed by atoms with van der Waals surface area (Å²) in [6, 6.07) is 6.02. The van der Waals surface area contributed by atoms with Crippen molar-refractivity contribution < 1.29 is 9.47 Å². The normalized spacial score (nSPS) is 25.7. The highest BCUT2D eigenvalue weighted by molar-refractivity contribution is 5.62. The van der Waals surface area contributed by atoms with Crippen LogP contribution in [-0.2, 0) is 0 Å². The Balaban J connectivity index is 1.91. The molecule has 1 spiro atoms. The lowest BCUT2D eigenvalue weighted by molar-refractivity contribution is 0.138. The summed E-state index contributed by atoms with van der Waals surface area (Å²) < 4.78 is 11.6. The first-order valence-corrected chi connectivity index (χ1v) is 6.17. The zero-order valence-electron chi connectivity index (χ0n) is 10.0. The Labute approximate surface area is 101 Å². The Hall–Kier alpha value is -1.48. The van der Waals surface area contributed by atoms with Crippen molar-refractivity contribution in [3.8, 4) is 11.5 Å². The minimum Gasteiger partial charge on any atom is -0.494 e. The molecule has 1 N–H and O–H groups in total. The summed E-state index contributed by atoms with van der Waals surface area (Å²) in [6.07, 6.45) is 5.36. The molecule has 1 fully saturated rings. The Bertz CT molecular complexity index is 448. The number of hydrogen-bond donors (Lipinski definition) is 1. The lowest BCUT2D eigenvalue weighted by Gasteiger charge is -2.30. The molecule has 17 heavy (non-hydrogen) atoms. The van der Waals surface area contributed by atoms with E-state index in [0.717, 1.165) is 36.6 Å². The van der Waals surface area contributed by atoms with Crippen LogP contribution < -0.4 is 14.8 Å². The maximum absolute atomic E-state index is 6.14. The molecule has 3 nitrogen and oxygen atoms in total. The van der Waals surface area contributed by atoms with Gasteiger partial charge < -0.3 is 14.8 Å². The van der Waals surface area contributed by atoms with Crippen molar-refractivity contribution in [2.45, 2.75) is 18.9 Å². The van der Waals surface area contributed by atoms with Crippen molar-refractivity contribution in [1.82, 2.24) is 5.32 Å². The Morgan fingerprint density at radius 3 is 3.18 bits per heavy atom. The number of ether oxygens (including phenoxy) is 2. The molecule has 1 atom stereocenters. The molecule has 0 aromatic heterocycles. The van der Waals surface area contributed by atoms with E-state index >= 15 is 0 Å². The third-order valence-electron chi connectivity index (χ3n) is 3.33. The summed E-state index contributed by atoms with van der Waals surface area (Å²) in [7, 11) is 0. The zero-order chi connectivity index (χ0) is 11.7. The van der Waals surface area contributed by atoms with Crippen LogP contribution in [0.4, 0.5) is 0 Å². The van der Waals surface area contributed by atoms with Gasteiger partial charge in [-0.3, -0.25) is 0 Å². The number of rotatable bonds is 2. The van der Waals surface area contributed by atoms with Crippen molar-refractivity contribution in [1.29, 1.82) is 0 Å². The molecule has 0 saturated carbocycles. The molecule has 1 saturated heterocycles. The second kappa shape index (κ2) is 4.08. The van der Waals surface area contributed by atoms with Crippen LogP contribution in [0.15, 0.2) is 24.3 Å². The molecule has 3 rings (SSSR count). The van der Waals surface area contributed by atoms with Crippen molar-refractivity contribution >= 4 is 6.08 Å². The van der Waals surface area contributed by atoms with Gasteiger partial charge in [0.25, 0.3) is 0 Å². The SMILES string of the molecule is CCOc1ccc2c(c1)OC1(C=C2)CCNC1. The van der Waals surface area contributed by atoms with Crippen LogP contribution in [0.5, 0.6) is 11.5 Å². The number of nitrogens with one attached hydrogen (secondary N) is 1. The minimum absolute atomic E-state index is 0.141. The van der Waals surface area contributed by atoms with Crippen LogP contribution in [0.25, 0.3) is 6.08 Å². The summed E-state index contributed by atoms with van der Waals surface area (Å²) in [6.45, 7) is 4.58. The van der Waals surface area contributed by atoms with Crippen LogP contribution in [-0.4, -0.2) is 25.3 Å². The van der Waals surface area contributed by atoms with Crippen LogP contribution in [0.3, 0.4) is 0 Å². The highest BCUT2D eigenvalue weighted by atomic mass is 16.5. The van der Waals surface area contributed by atoms with E-state index in [0.29, 0.717) is 6.61 Å². The summed E-state index contributed by atoms with van der Waals surface area (Å²) in [5.74, 6) is 1.81. The third kappa shape index (κ3) is 1.91. The predicted octanol–water partition coefficient (Wildman–Crippen LogP) is 2.22. The van der Waals surface area contributed by atoms with Gasteiger partial charge in [0.1, 0.15) is 17.1 Å². The van der Waals surface area contributed by atoms with Gasteiger partial charge in [-0.1, -0.05) is 6.08 Å². The molecule has 2 heterocycles. The van der Waals surface area contributed by atoms with E-state index in [4.69, 9.17) is 9.47 Å². The van der Waals surface area contributed by atoms with E-state index in [1.165, 1.54) is 0 Å². The summed E-state index contributed by atoms with van der Waals surface area (Å²) >= 11 is 0. The fourth-order valence-corrected chi connectivity index (χ4v) is 2.41. The first-order valence-electron chi connectivity index (χ1n) is 6.17. The summed E-state index contributed by atoms with van der Waals surface area (Å²) in [4.78, 5) is 0. The van der Waals surface area contributed by atoms with Crippen LogP contribution in [0, 0.1) is 0 Å². The molecule has 0 aliphatic carbocycles.